The summed E-state index contributed by atoms with van der Waals surface area (Å²) in [5, 5.41) is 0. The average Bonchev–Trinajstić information content (AvgIpc) is 2.26. The molecule has 0 amide bonds. The molecule has 16 heavy (non-hydrogen) atoms. The van der Waals surface area contributed by atoms with Crippen molar-refractivity contribution in [3.63, 3.8) is 0 Å². The second kappa shape index (κ2) is 4.70. The number of carbonyl (C=O) groups is 1. The van der Waals surface area contributed by atoms with Crippen molar-refractivity contribution in [3.05, 3.63) is 35.4 Å². The minimum absolute atomic E-state index is 0.0219. The molecular weight excluding hydrogens is 214 g/mol. The first-order chi connectivity index (χ1) is 7.68. The van der Waals surface area contributed by atoms with Crippen LogP contribution in [0.5, 0.6) is 0 Å². The number of ether oxygens (including phenoxy) is 1. The highest BCUT2D eigenvalue weighted by Gasteiger charge is 2.25. The fourth-order valence-corrected chi connectivity index (χ4v) is 1.84. The largest absolute Gasteiger partial charge is 0.380 e. The van der Waals surface area contributed by atoms with Gasteiger partial charge >= 0.3 is 0 Å². The Morgan fingerprint density at radius 1 is 1.31 bits per heavy atom. The molecular formula is C12H12F2O2. The van der Waals surface area contributed by atoms with Crippen LogP contribution in [0.25, 0.3) is 0 Å². The van der Waals surface area contributed by atoms with Gasteiger partial charge in [0.25, 0.3) is 0 Å². The summed E-state index contributed by atoms with van der Waals surface area (Å²) in [6, 6.07) is 3.71. The molecule has 1 aliphatic heterocycles. The number of benzene rings is 1. The van der Waals surface area contributed by atoms with Crippen molar-refractivity contribution in [2.45, 2.75) is 12.8 Å². The topological polar surface area (TPSA) is 26.3 Å². The summed E-state index contributed by atoms with van der Waals surface area (Å²) < 4.78 is 31.8. The van der Waals surface area contributed by atoms with Gasteiger partial charge in [-0.15, -0.1) is 0 Å². The lowest BCUT2D eigenvalue weighted by Crippen LogP contribution is -2.29. The first-order valence-corrected chi connectivity index (χ1v) is 5.22. The number of ketones is 1. The molecule has 0 aliphatic carbocycles. The van der Waals surface area contributed by atoms with Crippen molar-refractivity contribution >= 4 is 5.78 Å². The van der Waals surface area contributed by atoms with Crippen LogP contribution in [0.15, 0.2) is 18.2 Å². The van der Waals surface area contributed by atoms with E-state index in [9.17, 15) is 13.6 Å². The SMILES string of the molecule is O=C1CCOCC1Cc1c(F)cccc1F. The first-order valence-electron chi connectivity index (χ1n) is 5.22. The minimum atomic E-state index is -0.599. The van der Waals surface area contributed by atoms with Crippen LogP contribution in [-0.2, 0) is 16.0 Å². The normalized spacial score (nSPS) is 21.1. The molecule has 0 spiro atoms. The first kappa shape index (κ1) is 11.2. The van der Waals surface area contributed by atoms with Crippen LogP contribution in [0.1, 0.15) is 12.0 Å². The van der Waals surface area contributed by atoms with Gasteiger partial charge in [-0.1, -0.05) is 6.07 Å². The summed E-state index contributed by atoms with van der Waals surface area (Å²) in [5.41, 5.74) is -0.0219. The van der Waals surface area contributed by atoms with E-state index >= 15 is 0 Å². The number of rotatable bonds is 2. The van der Waals surface area contributed by atoms with Crippen LogP contribution in [0.4, 0.5) is 8.78 Å². The van der Waals surface area contributed by atoms with Crippen molar-refractivity contribution in [3.8, 4) is 0 Å². The monoisotopic (exact) mass is 226 g/mol. The molecule has 4 heteroatoms. The van der Waals surface area contributed by atoms with Gasteiger partial charge in [-0.25, -0.2) is 8.78 Å². The Balaban J connectivity index is 2.16. The molecule has 0 bridgehead atoms. The lowest BCUT2D eigenvalue weighted by Gasteiger charge is -2.21. The van der Waals surface area contributed by atoms with Crippen LogP contribution in [0.2, 0.25) is 0 Å². The second-order valence-corrected chi connectivity index (χ2v) is 3.89. The van der Waals surface area contributed by atoms with E-state index in [-0.39, 0.29) is 24.4 Å². The third-order valence-electron chi connectivity index (χ3n) is 2.78. The predicted molar refractivity (Wildman–Crippen MR) is 54.0 cm³/mol. The highest BCUT2D eigenvalue weighted by Crippen LogP contribution is 2.20. The summed E-state index contributed by atoms with van der Waals surface area (Å²) in [6.45, 7) is 0.668. The Hall–Kier alpha value is -1.29. The van der Waals surface area contributed by atoms with Crippen molar-refractivity contribution in [1.29, 1.82) is 0 Å². The standard InChI is InChI=1S/C12H12F2O2/c13-10-2-1-3-11(14)9(10)6-8-7-16-5-4-12(8)15/h1-3,8H,4-7H2. The molecule has 1 aromatic rings. The number of carbonyl (C=O) groups excluding carboxylic acids is 1. The third-order valence-corrected chi connectivity index (χ3v) is 2.78. The number of hydrogen-bond acceptors (Lipinski definition) is 2. The molecule has 0 saturated carbocycles. The maximum atomic E-state index is 13.3. The zero-order valence-electron chi connectivity index (χ0n) is 8.71. The van der Waals surface area contributed by atoms with E-state index in [0.717, 1.165) is 0 Å². The summed E-state index contributed by atoms with van der Waals surface area (Å²) in [6.07, 6.45) is 0.415. The van der Waals surface area contributed by atoms with Gasteiger partial charge in [0.05, 0.1) is 13.2 Å². The van der Waals surface area contributed by atoms with Crippen molar-refractivity contribution < 1.29 is 18.3 Å². The van der Waals surface area contributed by atoms with Gasteiger partial charge in [-0.3, -0.25) is 4.79 Å². The summed E-state index contributed by atoms with van der Waals surface area (Å²) in [5.74, 6) is -1.59. The van der Waals surface area contributed by atoms with Gasteiger partial charge in [0.1, 0.15) is 17.4 Å². The lowest BCUT2D eigenvalue weighted by atomic mass is 9.92. The van der Waals surface area contributed by atoms with Gasteiger partial charge in [-0.05, 0) is 18.6 Å². The fourth-order valence-electron chi connectivity index (χ4n) is 1.84. The maximum absolute atomic E-state index is 13.3. The zero-order chi connectivity index (χ0) is 11.5. The van der Waals surface area contributed by atoms with Crippen LogP contribution in [0, 0.1) is 17.6 Å². The number of Topliss-reactive ketones (excluding diaryl/α,β-unsaturated/α-hetero) is 1. The third kappa shape index (κ3) is 2.27. The smallest absolute Gasteiger partial charge is 0.140 e. The van der Waals surface area contributed by atoms with Gasteiger partial charge in [-0.2, -0.15) is 0 Å². The van der Waals surface area contributed by atoms with Crippen molar-refractivity contribution in [2.24, 2.45) is 5.92 Å². The van der Waals surface area contributed by atoms with E-state index in [1.807, 2.05) is 0 Å². The minimum Gasteiger partial charge on any atom is -0.380 e. The van der Waals surface area contributed by atoms with E-state index in [4.69, 9.17) is 4.74 Å². The molecule has 1 fully saturated rings. The molecule has 0 aromatic heterocycles. The van der Waals surface area contributed by atoms with Gasteiger partial charge in [0.15, 0.2) is 0 Å². The lowest BCUT2D eigenvalue weighted by molar-refractivity contribution is -0.130. The van der Waals surface area contributed by atoms with Crippen molar-refractivity contribution in [2.75, 3.05) is 13.2 Å². The van der Waals surface area contributed by atoms with E-state index in [0.29, 0.717) is 13.0 Å². The highest BCUT2D eigenvalue weighted by atomic mass is 19.1. The fraction of sp³-hybridized carbons (Fsp3) is 0.417. The molecule has 1 aromatic carbocycles. The zero-order valence-corrected chi connectivity index (χ0v) is 8.71. The van der Waals surface area contributed by atoms with Crippen LogP contribution >= 0.6 is 0 Å². The molecule has 1 saturated heterocycles. The van der Waals surface area contributed by atoms with E-state index in [2.05, 4.69) is 0 Å². The molecule has 1 atom stereocenters. The number of hydrogen-bond donors (Lipinski definition) is 0. The molecule has 0 radical (unpaired) electrons. The van der Waals surface area contributed by atoms with Gasteiger partial charge in [0, 0.05) is 17.9 Å². The molecule has 2 rings (SSSR count). The van der Waals surface area contributed by atoms with E-state index in [1.54, 1.807) is 0 Å². The van der Waals surface area contributed by atoms with Crippen LogP contribution in [-0.4, -0.2) is 19.0 Å². The molecule has 2 nitrogen and oxygen atoms in total. The Morgan fingerprint density at radius 3 is 2.62 bits per heavy atom. The number of halogens is 2. The Kier molecular flexibility index (Phi) is 3.29. The van der Waals surface area contributed by atoms with Gasteiger partial charge in [0.2, 0.25) is 0 Å². The molecule has 1 unspecified atom stereocenters. The van der Waals surface area contributed by atoms with Crippen LogP contribution < -0.4 is 0 Å². The Morgan fingerprint density at radius 2 is 2.00 bits per heavy atom. The molecule has 1 heterocycles. The van der Waals surface area contributed by atoms with E-state index < -0.39 is 17.6 Å². The Labute approximate surface area is 92.2 Å². The molecule has 1 aliphatic rings. The highest BCUT2D eigenvalue weighted by molar-refractivity contribution is 5.82. The molecule has 0 N–H and O–H groups in total. The summed E-state index contributed by atoms with van der Waals surface area (Å²) in [7, 11) is 0. The maximum Gasteiger partial charge on any atom is 0.140 e. The van der Waals surface area contributed by atoms with Gasteiger partial charge < -0.3 is 4.74 Å². The van der Waals surface area contributed by atoms with Crippen molar-refractivity contribution in [1.82, 2.24) is 0 Å². The predicted octanol–water partition coefficient (Wildman–Crippen LogP) is 2.11. The van der Waals surface area contributed by atoms with Crippen LogP contribution in [0.3, 0.4) is 0 Å². The average molecular weight is 226 g/mol. The molecule has 86 valence electrons. The quantitative estimate of drug-likeness (QED) is 0.772. The summed E-state index contributed by atoms with van der Waals surface area (Å²) >= 11 is 0. The second-order valence-electron chi connectivity index (χ2n) is 3.89. The van der Waals surface area contributed by atoms with E-state index in [1.165, 1.54) is 18.2 Å². The Bertz CT molecular complexity index is 384. The summed E-state index contributed by atoms with van der Waals surface area (Å²) in [4.78, 5) is 11.5.